The fraction of sp³-hybridized carbons (Fsp3) is 0.929. The van der Waals surface area contributed by atoms with E-state index < -0.39 is 11.1 Å². The van der Waals surface area contributed by atoms with Gasteiger partial charge >= 0.3 is 0 Å². The van der Waals surface area contributed by atoms with Crippen molar-refractivity contribution in [2.24, 2.45) is 5.73 Å². The van der Waals surface area contributed by atoms with E-state index in [0.29, 0.717) is 6.42 Å². The van der Waals surface area contributed by atoms with Gasteiger partial charge in [-0.15, -0.1) is 0 Å². The highest BCUT2D eigenvalue weighted by Gasteiger charge is 2.38. The zero-order chi connectivity index (χ0) is 14.0. The van der Waals surface area contributed by atoms with Crippen molar-refractivity contribution in [1.29, 1.82) is 0 Å². The van der Waals surface area contributed by atoms with E-state index in [4.69, 9.17) is 5.73 Å². The molecule has 1 saturated carbocycles. The van der Waals surface area contributed by atoms with Crippen molar-refractivity contribution >= 4 is 5.91 Å². The van der Waals surface area contributed by atoms with Crippen molar-refractivity contribution in [1.82, 2.24) is 5.32 Å². The van der Waals surface area contributed by atoms with Gasteiger partial charge in [0.25, 0.3) is 0 Å². The summed E-state index contributed by atoms with van der Waals surface area (Å²) in [6.45, 7) is 7.06. The molecular weight excluding hydrogens is 228 g/mol. The average molecular weight is 256 g/mol. The lowest BCUT2D eigenvalue weighted by atomic mass is 9.79. The lowest BCUT2D eigenvalue weighted by Gasteiger charge is -2.39. The number of nitrogens with one attached hydrogen (secondary N) is 1. The Kier molecular flexibility index (Phi) is 4.44. The summed E-state index contributed by atoms with van der Waals surface area (Å²) in [7, 11) is 0. The van der Waals surface area contributed by atoms with Crippen LogP contribution >= 0.6 is 0 Å². The Bertz CT molecular complexity index is 299. The summed E-state index contributed by atoms with van der Waals surface area (Å²) in [5.74, 6) is -0.0634. The first-order valence-corrected chi connectivity index (χ1v) is 6.88. The summed E-state index contributed by atoms with van der Waals surface area (Å²) in [5, 5.41) is 12.9. The van der Waals surface area contributed by atoms with Gasteiger partial charge in [0.1, 0.15) is 0 Å². The summed E-state index contributed by atoms with van der Waals surface area (Å²) in [5.41, 5.74) is 4.30. The Hall–Kier alpha value is -0.610. The first-order valence-electron chi connectivity index (χ1n) is 6.88. The second-order valence-electron chi connectivity index (χ2n) is 6.83. The third-order valence-electron chi connectivity index (χ3n) is 4.34. The van der Waals surface area contributed by atoms with Gasteiger partial charge in [0.2, 0.25) is 5.91 Å². The fourth-order valence-electron chi connectivity index (χ4n) is 2.30. The van der Waals surface area contributed by atoms with Crippen LogP contribution in [0.5, 0.6) is 0 Å². The predicted molar refractivity (Wildman–Crippen MR) is 73.1 cm³/mol. The van der Waals surface area contributed by atoms with Gasteiger partial charge in [-0.2, -0.15) is 0 Å². The maximum atomic E-state index is 12.1. The van der Waals surface area contributed by atoms with Crippen LogP contribution in [0.3, 0.4) is 0 Å². The maximum Gasteiger partial charge on any atom is 0.222 e. The average Bonchev–Trinajstić information content (AvgIpc) is 2.14. The molecule has 106 valence electrons. The summed E-state index contributed by atoms with van der Waals surface area (Å²) >= 11 is 0. The molecule has 1 aliphatic carbocycles. The first-order chi connectivity index (χ1) is 8.06. The Morgan fingerprint density at radius 2 is 1.72 bits per heavy atom. The lowest BCUT2D eigenvalue weighted by molar-refractivity contribution is -0.127. The third-order valence-corrected chi connectivity index (χ3v) is 4.34. The number of rotatable bonds is 4. The Morgan fingerprint density at radius 3 is 2.17 bits per heavy atom. The minimum atomic E-state index is -0.961. The molecule has 4 N–H and O–H groups in total. The topological polar surface area (TPSA) is 75.3 Å². The predicted octanol–water partition coefficient (Wildman–Crippen LogP) is 1.70. The van der Waals surface area contributed by atoms with Crippen molar-refractivity contribution < 1.29 is 9.90 Å². The van der Waals surface area contributed by atoms with Gasteiger partial charge in [0.15, 0.2) is 0 Å². The molecule has 4 nitrogen and oxygen atoms in total. The highest BCUT2D eigenvalue weighted by atomic mass is 16.3. The Labute approximate surface area is 110 Å². The maximum absolute atomic E-state index is 12.1. The standard InChI is InChI=1S/C14H28N2O2/c1-12(2,13(3,4)18)16-11(17)10-14(15)8-6-5-7-9-14/h18H,5-10,15H2,1-4H3,(H,16,17). The molecule has 0 aromatic rings. The monoisotopic (exact) mass is 256 g/mol. The van der Waals surface area contributed by atoms with Crippen LogP contribution in [-0.4, -0.2) is 27.7 Å². The van der Waals surface area contributed by atoms with E-state index in [2.05, 4.69) is 5.32 Å². The number of amides is 1. The Morgan fingerprint density at radius 1 is 1.22 bits per heavy atom. The van der Waals surface area contributed by atoms with Crippen LogP contribution in [-0.2, 0) is 4.79 Å². The van der Waals surface area contributed by atoms with Crippen LogP contribution in [0.1, 0.15) is 66.2 Å². The van der Waals surface area contributed by atoms with Crippen LogP contribution < -0.4 is 11.1 Å². The molecule has 0 spiro atoms. The second kappa shape index (κ2) is 5.17. The van der Waals surface area contributed by atoms with Crippen LogP contribution in [0.15, 0.2) is 0 Å². The fourth-order valence-corrected chi connectivity index (χ4v) is 2.30. The van der Waals surface area contributed by atoms with Crippen molar-refractivity contribution in [2.75, 3.05) is 0 Å². The number of nitrogens with two attached hydrogens (primary N) is 1. The molecule has 0 bridgehead atoms. The molecule has 0 unspecified atom stereocenters. The SMILES string of the molecule is CC(C)(O)C(C)(C)NC(=O)CC1(N)CCCCC1. The zero-order valence-electron chi connectivity index (χ0n) is 12.2. The zero-order valence-corrected chi connectivity index (χ0v) is 12.2. The van der Waals surface area contributed by atoms with E-state index in [1.54, 1.807) is 13.8 Å². The summed E-state index contributed by atoms with van der Waals surface area (Å²) < 4.78 is 0. The van der Waals surface area contributed by atoms with Gasteiger partial charge in [0, 0.05) is 12.0 Å². The van der Waals surface area contributed by atoms with Gasteiger partial charge in [-0.1, -0.05) is 19.3 Å². The van der Waals surface area contributed by atoms with E-state index in [-0.39, 0.29) is 11.4 Å². The summed E-state index contributed by atoms with van der Waals surface area (Å²) in [6, 6.07) is 0. The molecule has 18 heavy (non-hydrogen) atoms. The molecule has 0 heterocycles. The number of carbonyl (C=O) groups excluding carboxylic acids is 1. The molecule has 0 aromatic carbocycles. The molecular formula is C14H28N2O2. The molecule has 0 atom stereocenters. The van der Waals surface area contributed by atoms with Gasteiger partial charge in [-0.25, -0.2) is 0 Å². The minimum Gasteiger partial charge on any atom is -0.388 e. The highest BCUT2D eigenvalue weighted by Crippen LogP contribution is 2.29. The highest BCUT2D eigenvalue weighted by molar-refractivity contribution is 5.78. The normalized spacial score (nSPS) is 20.6. The number of hydrogen-bond acceptors (Lipinski definition) is 3. The largest absolute Gasteiger partial charge is 0.388 e. The van der Waals surface area contributed by atoms with E-state index >= 15 is 0 Å². The second-order valence-corrected chi connectivity index (χ2v) is 6.83. The van der Waals surface area contributed by atoms with Crippen molar-refractivity contribution in [3.8, 4) is 0 Å². The number of aliphatic hydroxyl groups is 1. The minimum absolute atomic E-state index is 0.0634. The molecule has 4 heteroatoms. The van der Waals surface area contributed by atoms with Crippen molar-refractivity contribution in [3.63, 3.8) is 0 Å². The van der Waals surface area contributed by atoms with Crippen molar-refractivity contribution in [3.05, 3.63) is 0 Å². The molecule has 0 aliphatic heterocycles. The molecule has 1 amide bonds. The van der Waals surface area contributed by atoms with Crippen LogP contribution in [0.2, 0.25) is 0 Å². The third kappa shape index (κ3) is 3.95. The summed E-state index contributed by atoms with van der Waals surface area (Å²) in [6.07, 6.45) is 5.63. The van der Waals surface area contributed by atoms with Crippen LogP contribution in [0.4, 0.5) is 0 Å². The number of carbonyl (C=O) groups is 1. The van der Waals surface area contributed by atoms with E-state index in [0.717, 1.165) is 25.7 Å². The van der Waals surface area contributed by atoms with Gasteiger partial charge < -0.3 is 16.2 Å². The summed E-state index contributed by atoms with van der Waals surface area (Å²) in [4.78, 5) is 12.1. The van der Waals surface area contributed by atoms with Gasteiger partial charge in [-0.3, -0.25) is 4.79 Å². The number of hydrogen-bond donors (Lipinski definition) is 3. The quantitative estimate of drug-likeness (QED) is 0.716. The van der Waals surface area contributed by atoms with Crippen LogP contribution in [0, 0.1) is 0 Å². The molecule has 1 rings (SSSR count). The van der Waals surface area contributed by atoms with E-state index in [1.807, 2.05) is 13.8 Å². The molecule has 1 aliphatic rings. The smallest absolute Gasteiger partial charge is 0.222 e. The molecule has 1 fully saturated rings. The molecule has 0 saturated heterocycles. The molecule has 0 radical (unpaired) electrons. The van der Waals surface area contributed by atoms with Gasteiger partial charge in [0.05, 0.1) is 11.1 Å². The Balaban J connectivity index is 2.56. The van der Waals surface area contributed by atoms with Gasteiger partial charge in [-0.05, 0) is 40.5 Å². The van der Waals surface area contributed by atoms with E-state index in [9.17, 15) is 9.90 Å². The van der Waals surface area contributed by atoms with E-state index in [1.165, 1.54) is 6.42 Å². The lowest BCUT2D eigenvalue weighted by Crippen LogP contribution is -2.59. The molecule has 0 aromatic heterocycles. The first kappa shape index (κ1) is 15.4. The van der Waals surface area contributed by atoms with Crippen molar-refractivity contribution in [2.45, 2.75) is 82.9 Å². The van der Waals surface area contributed by atoms with Crippen LogP contribution in [0.25, 0.3) is 0 Å².